The van der Waals surface area contributed by atoms with Crippen LogP contribution in [0.5, 0.6) is 0 Å². The van der Waals surface area contributed by atoms with Crippen LogP contribution in [0, 0.1) is 0 Å². The molecule has 0 fully saturated rings. The number of anilines is 3. The third-order valence-electron chi connectivity index (χ3n) is 11.8. The minimum atomic E-state index is -0.503. The molecule has 0 unspecified atom stereocenters. The molecule has 0 atom stereocenters. The number of benzene rings is 9. The Morgan fingerprint density at radius 1 is 0.333 bits per heavy atom. The van der Waals surface area contributed by atoms with Crippen molar-refractivity contribution in [3.05, 3.63) is 247 Å². The summed E-state index contributed by atoms with van der Waals surface area (Å²) in [5, 5.41) is 2.27. The lowest BCUT2D eigenvalue weighted by Gasteiger charge is -2.35. The second kappa shape index (κ2) is 13.4. The Bertz CT molecular complexity index is 3020. The number of nitrogens with zero attached hydrogens (tertiary/aromatic N) is 1. The van der Waals surface area contributed by atoms with Gasteiger partial charge in [-0.3, -0.25) is 0 Å². The van der Waals surface area contributed by atoms with Crippen LogP contribution in [-0.2, 0) is 5.41 Å². The number of furan rings is 1. The number of rotatable bonds is 7. The van der Waals surface area contributed by atoms with Crippen molar-refractivity contribution in [2.75, 3.05) is 4.90 Å². The normalized spacial score (nSPS) is 12.7. The van der Waals surface area contributed by atoms with Gasteiger partial charge in [0, 0.05) is 33.4 Å². The van der Waals surface area contributed by atoms with E-state index in [2.05, 4.69) is 217 Å². The average Bonchev–Trinajstić information content (AvgIpc) is 3.82. The van der Waals surface area contributed by atoms with Gasteiger partial charge in [0.05, 0.1) is 5.41 Å². The molecule has 57 heavy (non-hydrogen) atoms. The van der Waals surface area contributed by atoms with Crippen LogP contribution >= 0.6 is 0 Å². The van der Waals surface area contributed by atoms with E-state index in [0.717, 1.165) is 50.1 Å². The third kappa shape index (κ3) is 5.26. The molecular weight excluding hydrogens is 691 g/mol. The van der Waals surface area contributed by atoms with E-state index in [1.54, 1.807) is 0 Å². The molecule has 10 aromatic rings. The summed E-state index contributed by atoms with van der Waals surface area (Å²) < 4.78 is 6.46. The number of para-hydroxylation sites is 2. The van der Waals surface area contributed by atoms with Crippen molar-refractivity contribution in [3.8, 4) is 33.4 Å². The van der Waals surface area contributed by atoms with Crippen LogP contribution < -0.4 is 4.90 Å². The predicted molar refractivity (Wildman–Crippen MR) is 237 cm³/mol. The summed E-state index contributed by atoms with van der Waals surface area (Å²) in [6.45, 7) is 0. The van der Waals surface area contributed by atoms with Crippen molar-refractivity contribution in [2.45, 2.75) is 5.41 Å². The molecule has 2 heteroatoms. The van der Waals surface area contributed by atoms with Gasteiger partial charge in [-0.25, -0.2) is 0 Å². The highest BCUT2D eigenvalue weighted by atomic mass is 16.3. The molecule has 1 aliphatic rings. The van der Waals surface area contributed by atoms with Gasteiger partial charge < -0.3 is 9.32 Å². The van der Waals surface area contributed by atoms with Crippen LogP contribution in [0.3, 0.4) is 0 Å². The summed E-state index contributed by atoms with van der Waals surface area (Å²) in [6.07, 6.45) is 0. The average molecular weight is 728 g/mol. The van der Waals surface area contributed by atoms with Crippen LogP contribution in [0.4, 0.5) is 17.1 Å². The van der Waals surface area contributed by atoms with Gasteiger partial charge in [-0.05, 0) is 92.5 Å². The zero-order valence-corrected chi connectivity index (χ0v) is 31.2. The van der Waals surface area contributed by atoms with Crippen LogP contribution in [-0.4, -0.2) is 0 Å². The molecule has 11 rings (SSSR count). The standard InChI is InChI=1S/C55H37NO/c1-4-16-38(17-5-1)40-18-14-23-44(36-40)56(43-32-30-39(31-33-43)46-26-15-27-50-49-25-11-13-29-53(49)57-54(46)50)45-34-35-48-47-24-10-12-28-51(47)55(52(48)37-45,41-19-6-2-7-20-41)42-21-8-3-9-22-42/h1-37H. The van der Waals surface area contributed by atoms with Gasteiger partial charge in [-0.1, -0.05) is 182 Å². The molecule has 0 N–H and O–H groups in total. The molecule has 268 valence electrons. The fourth-order valence-corrected chi connectivity index (χ4v) is 9.24. The lowest BCUT2D eigenvalue weighted by atomic mass is 9.67. The van der Waals surface area contributed by atoms with Crippen molar-refractivity contribution >= 4 is 39.0 Å². The molecule has 9 aromatic carbocycles. The van der Waals surface area contributed by atoms with Crippen molar-refractivity contribution in [3.63, 3.8) is 0 Å². The van der Waals surface area contributed by atoms with Crippen molar-refractivity contribution in [1.29, 1.82) is 0 Å². The molecule has 1 heterocycles. The predicted octanol–water partition coefficient (Wildman–Crippen LogP) is 14.8. The Balaban J connectivity index is 1.12. The van der Waals surface area contributed by atoms with Crippen LogP contribution in [0.2, 0.25) is 0 Å². The summed E-state index contributed by atoms with van der Waals surface area (Å²) in [6, 6.07) is 81.2. The van der Waals surface area contributed by atoms with Crippen molar-refractivity contribution in [1.82, 2.24) is 0 Å². The Morgan fingerprint density at radius 2 is 0.895 bits per heavy atom. The molecular formula is C55H37NO. The summed E-state index contributed by atoms with van der Waals surface area (Å²) in [4.78, 5) is 2.40. The molecule has 1 aliphatic carbocycles. The summed E-state index contributed by atoms with van der Waals surface area (Å²) >= 11 is 0. The molecule has 1 aromatic heterocycles. The highest BCUT2D eigenvalue weighted by Gasteiger charge is 2.46. The smallest absolute Gasteiger partial charge is 0.143 e. The number of hydrogen-bond acceptors (Lipinski definition) is 2. The highest BCUT2D eigenvalue weighted by Crippen LogP contribution is 2.57. The SMILES string of the molecule is c1ccc(-c2cccc(N(c3ccc(-c4cccc5c4oc4ccccc45)cc3)c3ccc4c(c3)C(c3ccccc3)(c3ccccc3)c3ccccc3-4)c2)cc1. The van der Waals surface area contributed by atoms with Crippen molar-refractivity contribution in [2.24, 2.45) is 0 Å². The van der Waals surface area contributed by atoms with E-state index in [1.807, 2.05) is 12.1 Å². The Hall–Kier alpha value is -7.42. The van der Waals surface area contributed by atoms with Gasteiger partial charge in [-0.2, -0.15) is 0 Å². The van der Waals surface area contributed by atoms with Gasteiger partial charge >= 0.3 is 0 Å². The first-order valence-corrected chi connectivity index (χ1v) is 19.6. The van der Waals surface area contributed by atoms with E-state index >= 15 is 0 Å². The van der Waals surface area contributed by atoms with Crippen LogP contribution in [0.1, 0.15) is 22.3 Å². The molecule has 0 radical (unpaired) electrons. The van der Waals surface area contributed by atoms with Crippen molar-refractivity contribution < 1.29 is 4.42 Å². The maximum Gasteiger partial charge on any atom is 0.143 e. The Labute approximate surface area is 332 Å². The fourth-order valence-electron chi connectivity index (χ4n) is 9.24. The number of hydrogen-bond donors (Lipinski definition) is 0. The maximum absolute atomic E-state index is 6.46. The lowest BCUT2D eigenvalue weighted by Crippen LogP contribution is -2.28. The van der Waals surface area contributed by atoms with Crippen LogP contribution in [0.15, 0.2) is 229 Å². The lowest BCUT2D eigenvalue weighted by molar-refractivity contribution is 0.670. The minimum absolute atomic E-state index is 0.503. The highest BCUT2D eigenvalue weighted by molar-refractivity contribution is 6.09. The van der Waals surface area contributed by atoms with Gasteiger partial charge in [0.1, 0.15) is 11.2 Å². The van der Waals surface area contributed by atoms with Gasteiger partial charge in [-0.15, -0.1) is 0 Å². The van der Waals surface area contributed by atoms with Crippen LogP contribution in [0.25, 0.3) is 55.3 Å². The van der Waals surface area contributed by atoms with Gasteiger partial charge in [0.2, 0.25) is 0 Å². The topological polar surface area (TPSA) is 16.4 Å². The molecule has 0 saturated heterocycles. The Morgan fingerprint density at radius 3 is 1.67 bits per heavy atom. The largest absolute Gasteiger partial charge is 0.455 e. The summed E-state index contributed by atoms with van der Waals surface area (Å²) in [7, 11) is 0. The number of fused-ring (bicyclic) bond motifs is 6. The maximum atomic E-state index is 6.46. The first kappa shape index (κ1) is 33.0. The van der Waals surface area contributed by atoms with E-state index in [1.165, 1.54) is 44.5 Å². The Kier molecular flexibility index (Phi) is 7.75. The van der Waals surface area contributed by atoms with E-state index < -0.39 is 5.41 Å². The first-order valence-electron chi connectivity index (χ1n) is 19.6. The summed E-state index contributed by atoms with van der Waals surface area (Å²) in [5.74, 6) is 0. The second-order valence-electron chi connectivity index (χ2n) is 14.8. The molecule has 0 aliphatic heterocycles. The van der Waals surface area contributed by atoms with E-state index in [9.17, 15) is 0 Å². The third-order valence-corrected chi connectivity index (χ3v) is 11.8. The van der Waals surface area contributed by atoms with Gasteiger partial charge in [0.25, 0.3) is 0 Å². The fraction of sp³-hybridized carbons (Fsp3) is 0.0182. The van der Waals surface area contributed by atoms with E-state index in [0.29, 0.717) is 0 Å². The van der Waals surface area contributed by atoms with Gasteiger partial charge in [0.15, 0.2) is 0 Å². The molecule has 0 spiro atoms. The first-order chi connectivity index (χ1) is 28.3. The monoisotopic (exact) mass is 727 g/mol. The molecule has 0 bridgehead atoms. The minimum Gasteiger partial charge on any atom is -0.455 e. The molecule has 2 nitrogen and oxygen atoms in total. The second-order valence-corrected chi connectivity index (χ2v) is 14.8. The molecule has 0 saturated carbocycles. The zero-order chi connectivity index (χ0) is 37.8. The summed E-state index contributed by atoms with van der Waals surface area (Å²) in [5.41, 5.74) is 16.7. The zero-order valence-electron chi connectivity index (χ0n) is 31.2. The quantitative estimate of drug-likeness (QED) is 0.163. The van der Waals surface area contributed by atoms with E-state index in [-0.39, 0.29) is 0 Å². The molecule has 0 amide bonds. The van der Waals surface area contributed by atoms with E-state index in [4.69, 9.17) is 4.42 Å².